The van der Waals surface area contributed by atoms with Gasteiger partial charge >= 0.3 is 0 Å². The molecule has 2 aromatic heterocycles. The number of hydrogen-bond acceptors (Lipinski definition) is 4. The van der Waals surface area contributed by atoms with Crippen LogP contribution in [-0.4, -0.2) is 16.2 Å². The summed E-state index contributed by atoms with van der Waals surface area (Å²) < 4.78 is 58.7. The Kier molecular flexibility index (Phi) is 15.7. The molecule has 5 nitrogen and oxygen atoms in total. The predicted octanol–water partition coefficient (Wildman–Crippen LogP) is 23.6. The average molecular weight is 1170 g/mol. The van der Waals surface area contributed by atoms with Crippen LogP contribution in [0.5, 0.6) is 11.5 Å². The second-order valence-electron chi connectivity index (χ2n) is 28.1. The minimum absolute atomic E-state index is 0.0797. The molecule has 0 bridgehead atoms. The second kappa shape index (κ2) is 23.4. The summed E-state index contributed by atoms with van der Waals surface area (Å²) in [5.74, 6) is 0.669. The quantitative estimate of drug-likeness (QED) is 0.122. The zero-order chi connectivity index (χ0) is 61.3. The van der Waals surface area contributed by atoms with E-state index in [9.17, 15) is 0 Å². The van der Waals surface area contributed by atoms with Gasteiger partial charge in [0.1, 0.15) is 41.4 Å². The molecule has 2 fully saturated rings. The highest BCUT2D eigenvalue weighted by molar-refractivity contribution is 6.09. The molecule has 2 aliphatic carbocycles. The van der Waals surface area contributed by atoms with Crippen LogP contribution < -0.4 is 14.5 Å². The Hall–Kier alpha value is -8.10. The van der Waals surface area contributed by atoms with E-state index in [4.69, 9.17) is 9.72 Å². The molecule has 3 aliphatic rings. The van der Waals surface area contributed by atoms with Crippen LogP contribution in [-0.2, 0) is 10.8 Å². The Morgan fingerprint density at radius 3 is 1.70 bits per heavy atom. The number of anilines is 4. The second-order valence-corrected chi connectivity index (χ2v) is 28.1. The van der Waals surface area contributed by atoms with Crippen molar-refractivity contribution in [3.63, 3.8) is 0 Å². The normalized spacial score (nSPS) is 15.4. The lowest BCUT2D eigenvalue weighted by atomic mass is 9.75. The van der Waals surface area contributed by atoms with Crippen molar-refractivity contribution in [1.29, 1.82) is 0 Å². The molecule has 10 aromatic rings. The zero-order valence-electron chi connectivity index (χ0n) is 53.0. The Morgan fingerprint density at radius 1 is 0.489 bits per heavy atom. The molecule has 0 amide bonds. The molecule has 0 N–H and O–H groups in total. The van der Waals surface area contributed by atoms with Gasteiger partial charge in [0, 0.05) is 58.0 Å². The molecular formula is C80H83F3N4O. The van der Waals surface area contributed by atoms with Crippen LogP contribution in [0.1, 0.15) is 190 Å². The molecule has 0 atom stereocenters. The minimum Gasteiger partial charge on any atom is -0.457 e. The lowest BCUT2D eigenvalue weighted by Crippen LogP contribution is -2.25. The predicted molar refractivity (Wildman–Crippen MR) is 361 cm³/mol. The van der Waals surface area contributed by atoms with E-state index < -0.39 is 22.9 Å². The molecule has 0 spiro atoms. The van der Waals surface area contributed by atoms with Gasteiger partial charge in [-0.15, -0.1) is 0 Å². The van der Waals surface area contributed by atoms with E-state index in [1.54, 1.807) is 0 Å². The summed E-state index contributed by atoms with van der Waals surface area (Å²) in [4.78, 5) is 9.58. The third-order valence-electron chi connectivity index (χ3n) is 19.3. The number of aromatic nitrogens is 2. The van der Waals surface area contributed by atoms with Crippen molar-refractivity contribution < 1.29 is 17.9 Å². The maximum absolute atomic E-state index is 16.9. The number of ether oxygens (including phenoxy) is 1. The van der Waals surface area contributed by atoms with Gasteiger partial charge in [0.25, 0.3) is 0 Å². The van der Waals surface area contributed by atoms with Gasteiger partial charge < -0.3 is 14.5 Å². The third-order valence-corrected chi connectivity index (χ3v) is 19.3. The number of nitrogens with zero attached hydrogens (tertiary/aromatic N) is 4. The molecule has 0 radical (unpaired) electrons. The fourth-order valence-corrected chi connectivity index (χ4v) is 14.5. The van der Waals surface area contributed by atoms with Crippen LogP contribution >= 0.6 is 0 Å². The summed E-state index contributed by atoms with van der Waals surface area (Å²) >= 11 is 0. The first-order valence-electron chi connectivity index (χ1n) is 32.4. The van der Waals surface area contributed by atoms with E-state index in [1.165, 1.54) is 71.9 Å². The maximum Gasteiger partial charge on any atom is 0.137 e. The Balaban J connectivity index is 1.04. The molecule has 2 saturated carbocycles. The number of hydrogen-bond donors (Lipinski definition) is 0. The first-order valence-corrected chi connectivity index (χ1v) is 32.4. The van der Waals surface area contributed by atoms with Crippen LogP contribution in [0.4, 0.5) is 35.9 Å². The molecule has 0 unspecified atom stereocenters. The van der Waals surface area contributed by atoms with Crippen molar-refractivity contribution in [3.8, 4) is 50.7 Å². The molecular weight excluding hydrogens is 1090 g/mol. The molecule has 8 aromatic carbocycles. The summed E-state index contributed by atoms with van der Waals surface area (Å²) in [6.45, 7) is 22.2. The third kappa shape index (κ3) is 11.2. The highest BCUT2D eigenvalue weighted by Gasteiger charge is 2.36. The fraction of sp³-hybridized carbons (Fsp3) is 0.338. The number of benzene rings is 8. The van der Waals surface area contributed by atoms with Gasteiger partial charge in [0.05, 0.1) is 33.7 Å². The van der Waals surface area contributed by atoms with Crippen LogP contribution in [0.2, 0.25) is 0 Å². The van der Waals surface area contributed by atoms with Crippen molar-refractivity contribution in [1.82, 2.24) is 9.55 Å². The largest absolute Gasteiger partial charge is 0.457 e. The first-order chi connectivity index (χ1) is 42.3. The summed E-state index contributed by atoms with van der Waals surface area (Å²) in [5, 5.41) is 2.25. The van der Waals surface area contributed by atoms with Crippen molar-refractivity contribution >= 4 is 44.6 Å². The van der Waals surface area contributed by atoms with Crippen molar-refractivity contribution in [2.75, 3.05) is 16.5 Å². The number of pyridine rings is 1. The first kappa shape index (κ1) is 58.9. The zero-order valence-corrected chi connectivity index (χ0v) is 53.0. The van der Waals surface area contributed by atoms with Crippen molar-refractivity contribution in [3.05, 3.63) is 215 Å². The fourth-order valence-electron chi connectivity index (χ4n) is 14.5. The minimum atomic E-state index is -0.962. The van der Waals surface area contributed by atoms with Gasteiger partial charge in [0.15, 0.2) is 0 Å². The van der Waals surface area contributed by atoms with Crippen molar-refractivity contribution in [2.24, 2.45) is 0 Å². The molecule has 8 heteroatoms. The van der Waals surface area contributed by atoms with E-state index >= 15 is 13.2 Å². The van der Waals surface area contributed by atoms with Gasteiger partial charge in [-0.25, -0.2) is 18.2 Å². The number of para-hydroxylation sites is 3. The smallest absolute Gasteiger partial charge is 0.137 e. The highest BCUT2D eigenvalue weighted by atomic mass is 19.1. The molecule has 3 heterocycles. The Labute approximate surface area is 519 Å². The van der Waals surface area contributed by atoms with E-state index in [-0.39, 0.29) is 29.5 Å². The van der Waals surface area contributed by atoms with Gasteiger partial charge in [0.2, 0.25) is 0 Å². The standard InChI is InChI=1S/C80H83F3N4O/c1-49(2)53-36-54(50(3)4)38-55(37-53)67-41-58(80(8,9)10)42-68(77-69(82)44-59(81)45-70(77)83)78(67)86-48-85(72-30-19-20-31-73(72)86)60-39-56(76-63(51-22-13-11-14-23-51)27-21-28-64(76)52-24-15-12-16-25-52)40-62(46-60)88-61-32-33-66-65-26-17-18-29-71(65)87(74(66)47-61)75-43-57(34-35-84-75)79(5,6)7/h17-21,26-47,49-52H,11-16,22-25,48H2,1-10H3. The maximum atomic E-state index is 16.9. The van der Waals surface area contributed by atoms with Gasteiger partial charge in [-0.05, 0) is 177 Å². The lowest BCUT2D eigenvalue weighted by Gasteiger charge is -2.31. The monoisotopic (exact) mass is 1170 g/mol. The van der Waals surface area contributed by atoms with E-state index in [0.29, 0.717) is 34.6 Å². The van der Waals surface area contributed by atoms with E-state index in [0.717, 1.165) is 105 Å². The number of rotatable bonds is 12. The molecule has 88 heavy (non-hydrogen) atoms. The summed E-state index contributed by atoms with van der Waals surface area (Å²) in [7, 11) is 0. The Morgan fingerprint density at radius 2 is 1.08 bits per heavy atom. The van der Waals surface area contributed by atoms with Crippen LogP contribution in [0, 0.1) is 17.5 Å². The highest BCUT2D eigenvalue weighted by Crippen LogP contribution is 2.54. The molecule has 450 valence electrons. The molecule has 0 saturated heterocycles. The lowest BCUT2D eigenvalue weighted by molar-refractivity contribution is 0.436. The van der Waals surface area contributed by atoms with Crippen LogP contribution in [0.15, 0.2) is 164 Å². The molecule has 13 rings (SSSR count). The average Bonchev–Trinajstić information content (AvgIpc) is 1.50. The summed E-state index contributed by atoms with van der Waals surface area (Å²) in [6.07, 6.45) is 14.0. The van der Waals surface area contributed by atoms with Gasteiger partial charge in [-0.3, -0.25) is 4.57 Å². The molecule has 1 aliphatic heterocycles. The van der Waals surface area contributed by atoms with E-state index in [1.807, 2.05) is 18.3 Å². The van der Waals surface area contributed by atoms with Crippen molar-refractivity contribution in [2.45, 2.75) is 168 Å². The summed E-state index contributed by atoms with van der Waals surface area (Å²) in [6, 6.07) is 54.2. The Bertz CT molecular complexity index is 4190. The SMILES string of the molecule is CC(C)c1cc(-c2cc(C(C)(C)C)cc(-c3c(F)cc(F)cc3F)c2N2CN(c3cc(Oc4ccc5c6ccccc6n(-c6cc(C(C)(C)C)ccn6)c5c4)cc(-c4c(C5CCCCC5)cccc4C4CCCCC4)c3)c3ccccc32)cc(C(C)C)c1. The number of halogens is 3. The van der Waals surface area contributed by atoms with Gasteiger partial charge in [-0.1, -0.05) is 174 Å². The van der Waals surface area contributed by atoms with E-state index in [2.05, 4.69) is 217 Å². The van der Waals surface area contributed by atoms with Crippen LogP contribution in [0.25, 0.3) is 61.0 Å². The topological polar surface area (TPSA) is 33.5 Å². The number of fused-ring (bicyclic) bond motifs is 4. The van der Waals surface area contributed by atoms with Gasteiger partial charge in [-0.2, -0.15) is 0 Å². The van der Waals surface area contributed by atoms with Crippen LogP contribution in [0.3, 0.4) is 0 Å². The summed E-state index contributed by atoms with van der Waals surface area (Å²) in [5.41, 5.74) is 16.6.